The molecule has 1 unspecified atom stereocenters. The number of carbonyl (C=O) groups excluding carboxylic acids is 1. The second-order valence-corrected chi connectivity index (χ2v) is 8.16. The molecule has 1 atom stereocenters. The number of amides is 2. The van der Waals surface area contributed by atoms with Crippen LogP contribution in [0.2, 0.25) is 0 Å². The number of rotatable bonds is 1. The molecule has 2 amide bonds. The Labute approximate surface area is 167 Å². The highest BCUT2D eigenvalue weighted by atomic mass is 19.1. The molecular weight excluding hydrogens is 373 g/mol. The normalized spacial score (nSPS) is 21.6. The minimum atomic E-state index is -0.341. The molecular formula is C21H20FN5O2. The minimum Gasteiger partial charge on any atom is -0.487 e. The van der Waals surface area contributed by atoms with Crippen LogP contribution in [-0.2, 0) is 0 Å². The monoisotopic (exact) mass is 393 g/mol. The van der Waals surface area contributed by atoms with E-state index >= 15 is 0 Å². The number of hydrogen-bond donors (Lipinski definition) is 0. The third-order valence-electron chi connectivity index (χ3n) is 5.79. The number of carbonyl (C=O) groups is 1. The Balaban J connectivity index is 1.25. The lowest BCUT2D eigenvalue weighted by atomic mass is 9.73. The van der Waals surface area contributed by atoms with E-state index in [2.05, 4.69) is 16.0 Å². The largest absolute Gasteiger partial charge is 0.487 e. The summed E-state index contributed by atoms with van der Waals surface area (Å²) in [7, 11) is 0. The molecule has 3 aliphatic rings. The Hall–Kier alpha value is -3.34. The summed E-state index contributed by atoms with van der Waals surface area (Å²) in [5, 5.41) is 9.10. The summed E-state index contributed by atoms with van der Waals surface area (Å²) < 4.78 is 18.9. The van der Waals surface area contributed by atoms with Crippen molar-refractivity contribution in [3.05, 3.63) is 47.9 Å². The van der Waals surface area contributed by atoms with Crippen LogP contribution in [0.1, 0.15) is 12.5 Å². The average Bonchev–Trinajstić information content (AvgIpc) is 2.65. The summed E-state index contributed by atoms with van der Waals surface area (Å²) in [4.78, 5) is 23.0. The first kappa shape index (κ1) is 17.7. The van der Waals surface area contributed by atoms with E-state index in [0.29, 0.717) is 36.6 Å². The van der Waals surface area contributed by atoms with Gasteiger partial charge < -0.3 is 14.5 Å². The van der Waals surface area contributed by atoms with Crippen LogP contribution in [0.15, 0.2) is 36.5 Å². The Morgan fingerprint density at radius 1 is 1.28 bits per heavy atom. The van der Waals surface area contributed by atoms with Crippen molar-refractivity contribution in [2.75, 3.05) is 42.5 Å². The number of ether oxygens (including phenoxy) is 1. The first-order valence-electron chi connectivity index (χ1n) is 9.60. The molecule has 148 valence electrons. The van der Waals surface area contributed by atoms with E-state index in [4.69, 9.17) is 10.00 Å². The van der Waals surface area contributed by atoms with E-state index in [1.165, 1.54) is 12.3 Å². The molecule has 1 aromatic heterocycles. The maximum absolute atomic E-state index is 13.1. The van der Waals surface area contributed by atoms with E-state index in [1.54, 1.807) is 29.2 Å². The number of anilines is 2. The summed E-state index contributed by atoms with van der Waals surface area (Å²) in [6, 6.07) is 10.3. The third kappa shape index (κ3) is 2.94. The summed E-state index contributed by atoms with van der Waals surface area (Å²) in [5.41, 5.74) is 1.31. The van der Waals surface area contributed by atoms with Crippen LogP contribution in [-0.4, -0.2) is 54.7 Å². The number of hydrogen-bond acceptors (Lipinski definition) is 5. The second kappa shape index (κ2) is 6.34. The van der Waals surface area contributed by atoms with Gasteiger partial charge in [-0.3, -0.25) is 4.90 Å². The van der Waals surface area contributed by atoms with Gasteiger partial charge in [-0.25, -0.2) is 14.2 Å². The van der Waals surface area contributed by atoms with Crippen molar-refractivity contribution in [2.45, 2.75) is 13.0 Å². The van der Waals surface area contributed by atoms with Gasteiger partial charge in [0, 0.05) is 37.7 Å². The molecule has 5 rings (SSSR count). The molecule has 4 heterocycles. The maximum atomic E-state index is 13.1. The van der Waals surface area contributed by atoms with Crippen LogP contribution in [0, 0.1) is 22.6 Å². The van der Waals surface area contributed by atoms with Crippen molar-refractivity contribution in [2.24, 2.45) is 5.41 Å². The van der Waals surface area contributed by atoms with Gasteiger partial charge in [-0.1, -0.05) is 0 Å². The molecule has 0 radical (unpaired) electrons. The van der Waals surface area contributed by atoms with Gasteiger partial charge in [-0.05, 0) is 31.2 Å². The fraction of sp³-hybridized carbons (Fsp3) is 0.381. The molecule has 3 aliphatic heterocycles. The molecule has 1 spiro atoms. The van der Waals surface area contributed by atoms with Gasteiger partial charge in [0.2, 0.25) is 0 Å². The van der Waals surface area contributed by atoms with Crippen molar-refractivity contribution in [3.63, 3.8) is 0 Å². The average molecular weight is 393 g/mol. The van der Waals surface area contributed by atoms with Gasteiger partial charge in [-0.15, -0.1) is 0 Å². The molecule has 1 aromatic carbocycles. The van der Waals surface area contributed by atoms with Crippen molar-refractivity contribution >= 4 is 17.5 Å². The minimum absolute atomic E-state index is 0.0323. The smallest absolute Gasteiger partial charge is 0.324 e. The van der Waals surface area contributed by atoms with Gasteiger partial charge in [0.25, 0.3) is 0 Å². The van der Waals surface area contributed by atoms with E-state index < -0.39 is 0 Å². The molecule has 2 aromatic rings. The zero-order chi connectivity index (χ0) is 20.2. The van der Waals surface area contributed by atoms with E-state index in [-0.39, 0.29) is 23.4 Å². The Morgan fingerprint density at radius 3 is 2.76 bits per heavy atom. The Kier molecular flexibility index (Phi) is 3.88. The standard InChI is InChI=1S/C21H20FN5O2/c1-14-9-27(17-4-2-15(7-23)6-18(17)29-14)20(28)26-12-21(13-26)10-25(11-21)19-5-3-16(22)8-24-19/h2-6,8,14H,9-13H2,1H3. The van der Waals surface area contributed by atoms with Crippen LogP contribution < -0.4 is 14.5 Å². The molecule has 29 heavy (non-hydrogen) atoms. The van der Waals surface area contributed by atoms with Crippen molar-refractivity contribution in [1.82, 2.24) is 9.88 Å². The number of aromatic nitrogens is 1. The van der Waals surface area contributed by atoms with Crippen LogP contribution in [0.4, 0.5) is 20.7 Å². The zero-order valence-corrected chi connectivity index (χ0v) is 16.0. The lowest BCUT2D eigenvalue weighted by Gasteiger charge is -2.60. The number of fused-ring (bicyclic) bond motifs is 1. The Bertz CT molecular complexity index is 1000. The molecule has 2 fully saturated rings. The zero-order valence-electron chi connectivity index (χ0n) is 16.0. The molecule has 0 N–H and O–H groups in total. The van der Waals surface area contributed by atoms with Crippen LogP contribution >= 0.6 is 0 Å². The lowest BCUT2D eigenvalue weighted by Crippen LogP contribution is -2.74. The number of benzene rings is 1. The number of halogens is 1. The molecule has 0 aliphatic carbocycles. The summed E-state index contributed by atoms with van der Waals surface area (Å²) in [6.07, 6.45) is 1.09. The highest BCUT2D eigenvalue weighted by Gasteiger charge is 2.54. The summed E-state index contributed by atoms with van der Waals surface area (Å²) in [5.74, 6) is 1.00. The van der Waals surface area contributed by atoms with Crippen molar-refractivity contribution in [1.29, 1.82) is 5.26 Å². The van der Waals surface area contributed by atoms with Crippen LogP contribution in [0.25, 0.3) is 0 Å². The van der Waals surface area contributed by atoms with E-state index in [0.717, 1.165) is 18.9 Å². The van der Waals surface area contributed by atoms with Crippen molar-refractivity contribution in [3.8, 4) is 11.8 Å². The third-order valence-corrected chi connectivity index (χ3v) is 5.79. The second-order valence-electron chi connectivity index (χ2n) is 8.16. The molecule has 8 heteroatoms. The molecule has 0 saturated carbocycles. The van der Waals surface area contributed by atoms with Gasteiger partial charge >= 0.3 is 6.03 Å². The van der Waals surface area contributed by atoms with E-state index in [9.17, 15) is 9.18 Å². The Morgan fingerprint density at radius 2 is 2.07 bits per heavy atom. The number of likely N-dealkylation sites (tertiary alicyclic amines) is 1. The van der Waals surface area contributed by atoms with Crippen LogP contribution in [0.3, 0.4) is 0 Å². The predicted molar refractivity (Wildman–Crippen MR) is 104 cm³/mol. The highest BCUT2D eigenvalue weighted by molar-refractivity contribution is 5.95. The van der Waals surface area contributed by atoms with E-state index in [1.807, 2.05) is 11.8 Å². The fourth-order valence-electron chi connectivity index (χ4n) is 4.44. The first-order valence-corrected chi connectivity index (χ1v) is 9.60. The number of nitrogens with zero attached hydrogens (tertiary/aromatic N) is 5. The quantitative estimate of drug-likeness (QED) is 0.745. The number of nitriles is 1. The number of urea groups is 1. The van der Waals surface area contributed by atoms with Gasteiger partial charge in [0.05, 0.1) is 30.1 Å². The first-order chi connectivity index (χ1) is 14.0. The van der Waals surface area contributed by atoms with Gasteiger partial charge in [-0.2, -0.15) is 5.26 Å². The fourth-order valence-corrected chi connectivity index (χ4v) is 4.44. The maximum Gasteiger partial charge on any atom is 0.324 e. The predicted octanol–water partition coefficient (Wildman–Crippen LogP) is 2.62. The summed E-state index contributed by atoms with van der Waals surface area (Å²) >= 11 is 0. The molecule has 2 saturated heterocycles. The number of pyridine rings is 1. The van der Waals surface area contributed by atoms with Crippen molar-refractivity contribution < 1.29 is 13.9 Å². The molecule has 0 bridgehead atoms. The topological polar surface area (TPSA) is 72.7 Å². The van der Waals surface area contributed by atoms with Crippen LogP contribution in [0.5, 0.6) is 5.75 Å². The molecule has 7 nitrogen and oxygen atoms in total. The van der Waals surface area contributed by atoms with Gasteiger partial charge in [0.15, 0.2) is 0 Å². The lowest BCUT2D eigenvalue weighted by molar-refractivity contribution is 0.00886. The SMILES string of the molecule is CC1CN(C(=O)N2CC3(C2)CN(c2ccc(F)cn2)C3)c2ccc(C#N)cc2O1. The highest BCUT2D eigenvalue weighted by Crippen LogP contribution is 2.43. The van der Waals surface area contributed by atoms with Gasteiger partial charge in [0.1, 0.15) is 23.5 Å². The summed E-state index contributed by atoms with van der Waals surface area (Å²) in [6.45, 7) is 5.42.